The van der Waals surface area contributed by atoms with Crippen molar-refractivity contribution >= 4 is 12.6 Å². The van der Waals surface area contributed by atoms with Crippen LogP contribution in [-0.4, -0.2) is 33.5 Å². The normalized spacial score (nSPS) is 20.3. The van der Waals surface area contributed by atoms with Gasteiger partial charge < -0.3 is 9.31 Å². The lowest BCUT2D eigenvalue weighted by Gasteiger charge is -2.32. The highest BCUT2D eigenvalue weighted by Gasteiger charge is 2.52. The number of aromatic nitrogens is 3. The van der Waals surface area contributed by atoms with E-state index in [0.717, 1.165) is 16.9 Å². The average Bonchev–Trinajstić information content (AvgIpc) is 2.97. The molecule has 2 heterocycles. The number of benzene rings is 1. The molecule has 0 bridgehead atoms. The Morgan fingerprint density at radius 3 is 2.30 bits per heavy atom. The molecule has 0 saturated carbocycles. The second-order valence-corrected chi connectivity index (χ2v) is 6.01. The van der Waals surface area contributed by atoms with Crippen LogP contribution in [0.2, 0.25) is 0 Å². The summed E-state index contributed by atoms with van der Waals surface area (Å²) in [6.45, 7) is 8.18. The maximum Gasteiger partial charge on any atom is 0.495 e. The van der Waals surface area contributed by atoms with Gasteiger partial charge in [-0.15, -0.1) is 0 Å². The molecule has 0 aliphatic carbocycles. The Morgan fingerprint density at radius 1 is 1.05 bits per heavy atom. The first-order valence-corrected chi connectivity index (χ1v) is 6.71. The summed E-state index contributed by atoms with van der Waals surface area (Å²) < 4.78 is 12.2. The molecule has 0 spiro atoms. The summed E-state index contributed by atoms with van der Waals surface area (Å²) in [4.78, 5) is 4.21. The van der Waals surface area contributed by atoms with E-state index in [2.05, 4.69) is 15.2 Å². The van der Waals surface area contributed by atoms with E-state index in [1.54, 1.807) is 0 Å². The van der Waals surface area contributed by atoms with Crippen LogP contribution in [0.25, 0.3) is 11.4 Å². The Bertz CT molecular complexity index is 595. The minimum absolute atomic E-state index is 0.355. The van der Waals surface area contributed by atoms with Gasteiger partial charge in [-0.1, -0.05) is 24.3 Å². The third-order valence-electron chi connectivity index (χ3n) is 4.14. The maximum absolute atomic E-state index is 6.10. The lowest BCUT2D eigenvalue weighted by atomic mass is 9.76. The van der Waals surface area contributed by atoms with Crippen LogP contribution in [0.4, 0.5) is 0 Å². The number of nitrogens with zero attached hydrogens (tertiary/aromatic N) is 2. The summed E-state index contributed by atoms with van der Waals surface area (Å²) in [5, 5.41) is 6.79. The van der Waals surface area contributed by atoms with Crippen molar-refractivity contribution in [3.63, 3.8) is 0 Å². The van der Waals surface area contributed by atoms with E-state index < -0.39 is 7.12 Å². The number of aromatic amines is 1. The van der Waals surface area contributed by atoms with Crippen LogP contribution in [0, 0.1) is 0 Å². The first kappa shape index (κ1) is 13.3. The third-order valence-corrected chi connectivity index (χ3v) is 4.14. The van der Waals surface area contributed by atoms with Crippen molar-refractivity contribution in [3.8, 4) is 11.4 Å². The van der Waals surface area contributed by atoms with Crippen LogP contribution in [0.3, 0.4) is 0 Å². The number of hydrogen-bond acceptors (Lipinski definition) is 4. The van der Waals surface area contributed by atoms with E-state index >= 15 is 0 Å². The molecule has 5 nitrogen and oxygen atoms in total. The predicted molar refractivity (Wildman–Crippen MR) is 77.5 cm³/mol. The van der Waals surface area contributed by atoms with Crippen LogP contribution in [0.15, 0.2) is 30.6 Å². The van der Waals surface area contributed by atoms with Gasteiger partial charge in [0.1, 0.15) is 6.33 Å². The van der Waals surface area contributed by atoms with Crippen LogP contribution < -0.4 is 5.46 Å². The van der Waals surface area contributed by atoms with Crippen LogP contribution >= 0.6 is 0 Å². The molecule has 1 saturated heterocycles. The van der Waals surface area contributed by atoms with Gasteiger partial charge in [0.15, 0.2) is 5.82 Å². The second kappa shape index (κ2) is 4.43. The zero-order valence-electron chi connectivity index (χ0n) is 12.2. The van der Waals surface area contributed by atoms with Crippen LogP contribution in [-0.2, 0) is 9.31 Å². The predicted octanol–water partition coefficient (Wildman–Crippen LogP) is 1.77. The maximum atomic E-state index is 6.10. The highest BCUT2D eigenvalue weighted by atomic mass is 16.7. The first-order valence-electron chi connectivity index (χ1n) is 6.71. The minimum Gasteiger partial charge on any atom is -0.399 e. The molecule has 1 aromatic heterocycles. The quantitative estimate of drug-likeness (QED) is 0.846. The topological polar surface area (TPSA) is 60.0 Å². The Morgan fingerprint density at radius 2 is 1.70 bits per heavy atom. The first-order chi connectivity index (χ1) is 9.41. The van der Waals surface area contributed by atoms with Gasteiger partial charge >= 0.3 is 7.12 Å². The number of rotatable bonds is 2. The number of H-pyrrole nitrogens is 1. The molecule has 1 aliphatic rings. The van der Waals surface area contributed by atoms with Crippen molar-refractivity contribution < 1.29 is 9.31 Å². The smallest absolute Gasteiger partial charge is 0.399 e. The fourth-order valence-electron chi connectivity index (χ4n) is 2.22. The van der Waals surface area contributed by atoms with E-state index in [1.807, 2.05) is 52.0 Å². The van der Waals surface area contributed by atoms with Crippen molar-refractivity contribution in [2.75, 3.05) is 0 Å². The molecule has 6 heteroatoms. The molecule has 2 aromatic rings. The largest absolute Gasteiger partial charge is 0.495 e. The zero-order valence-corrected chi connectivity index (χ0v) is 12.2. The summed E-state index contributed by atoms with van der Waals surface area (Å²) in [5.41, 5.74) is 1.20. The molecule has 1 aliphatic heterocycles. The molecule has 0 atom stereocenters. The van der Waals surface area contributed by atoms with E-state index in [0.29, 0.717) is 0 Å². The molecule has 1 N–H and O–H groups in total. The summed E-state index contributed by atoms with van der Waals surface area (Å²) in [6, 6.07) is 7.92. The lowest BCUT2D eigenvalue weighted by Crippen LogP contribution is -2.41. The standard InChI is InChI=1S/C14H18BN3O2/c1-13(2)14(3,4)20-15(19-13)11-8-6-5-7-10(11)12-16-9-17-18-12/h5-9H,1-4H3,(H,16,17,18). The highest BCUT2D eigenvalue weighted by molar-refractivity contribution is 6.63. The summed E-state index contributed by atoms with van der Waals surface area (Å²) in [5.74, 6) is 0.718. The Kier molecular flexibility index (Phi) is 2.95. The highest BCUT2D eigenvalue weighted by Crippen LogP contribution is 2.37. The molecule has 104 valence electrons. The lowest BCUT2D eigenvalue weighted by molar-refractivity contribution is 0.00578. The van der Waals surface area contributed by atoms with Gasteiger partial charge in [0.25, 0.3) is 0 Å². The van der Waals surface area contributed by atoms with Crippen molar-refractivity contribution in [1.29, 1.82) is 0 Å². The second-order valence-electron chi connectivity index (χ2n) is 6.01. The summed E-state index contributed by atoms with van der Waals surface area (Å²) in [6.07, 6.45) is 1.50. The fraction of sp³-hybridized carbons (Fsp3) is 0.429. The molecular formula is C14H18BN3O2. The zero-order chi connectivity index (χ0) is 14.4. The number of nitrogens with one attached hydrogen (secondary N) is 1. The van der Waals surface area contributed by atoms with Crippen LogP contribution in [0.5, 0.6) is 0 Å². The van der Waals surface area contributed by atoms with E-state index in [-0.39, 0.29) is 11.2 Å². The molecule has 1 fully saturated rings. The van der Waals surface area contributed by atoms with E-state index in [1.165, 1.54) is 6.33 Å². The van der Waals surface area contributed by atoms with Crippen molar-refractivity contribution in [2.24, 2.45) is 0 Å². The fourth-order valence-corrected chi connectivity index (χ4v) is 2.22. The molecule has 3 rings (SSSR count). The minimum atomic E-state index is -0.402. The van der Waals surface area contributed by atoms with Gasteiger partial charge in [0.2, 0.25) is 0 Å². The van der Waals surface area contributed by atoms with Crippen LogP contribution in [0.1, 0.15) is 27.7 Å². The molecular weight excluding hydrogens is 253 g/mol. The van der Waals surface area contributed by atoms with Crippen molar-refractivity contribution in [1.82, 2.24) is 15.2 Å². The Hall–Kier alpha value is -1.66. The van der Waals surface area contributed by atoms with E-state index in [9.17, 15) is 0 Å². The van der Waals surface area contributed by atoms with Gasteiger partial charge in [-0.05, 0) is 33.2 Å². The van der Waals surface area contributed by atoms with Gasteiger partial charge in [-0.25, -0.2) is 4.98 Å². The molecule has 0 radical (unpaired) electrons. The molecule has 0 amide bonds. The van der Waals surface area contributed by atoms with E-state index in [4.69, 9.17) is 9.31 Å². The third kappa shape index (κ3) is 2.05. The Balaban J connectivity index is 2.01. The molecule has 0 unspecified atom stereocenters. The van der Waals surface area contributed by atoms with Crippen molar-refractivity contribution in [2.45, 2.75) is 38.9 Å². The van der Waals surface area contributed by atoms with Crippen molar-refractivity contribution in [3.05, 3.63) is 30.6 Å². The molecule has 20 heavy (non-hydrogen) atoms. The summed E-state index contributed by atoms with van der Waals surface area (Å²) in [7, 11) is -0.402. The SMILES string of the molecule is CC1(C)OB(c2ccccc2-c2ncn[nH]2)OC1(C)C. The average molecular weight is 271 g/mol. The summed E-state index contributed by atoms with van der Waals surface area (Å²) >= 11 is 0. The van der Waals surface area contributed by atoms with Gasteiger partial charge in [-0.3, -0.25) is 5.10 Å². The molecule has 1 aromatic carbocycles. The Labute approximate surface area is 118 Å². The van der Waals surface area contributed by atoms with Gasteiger partial charge in [-0.2, -0.15) is 5.10 Å². The monoisotopic (exact) mass is 271 g/mol. The number of hydrogen-bond donors (Lipinski definition) is 1. The van der Waals surface area contributed by atoms with Gasteiger partial charge in [0, 0.05) is 5.56 Å². The van der Waals surface area contributed by atoms with Gasteiger partial charge in [0.05, 0.1) is 11.2 Å².